The molecule has 1 aliphatic rings. The zero-order valence-electron chi connectivity index (χ0n) is 13.3. The number of hydrogen-bond donors (Lipinski definition) is 2. The fourth-order valence-electron chi connectivity index (χ4n) is 2.82. The van der Waals surface area contributed by atoms with Gasteiger partial charge >= 0.3 is 0 Å². The zero-order valence-corrected chi connectivity index (χ0v) is 13.3. The van der Waals surface area contributed by atoms with Crippen LogP contribution in [0.2, 0.25) is 0 Å². The summed E-state index contributed by atoms with van der Waals surface area (Å²) in [5.41, 5.74) is 1.18. The topological polar surface area (TPSA) is 44.4 Å². The molecular formula is C17H27N3O. The lowest BCUT2D eigenvalue weighted by atomic mass is 9.96. The van der Waals surface area contributed by atoms with E-state index in [0.29, 0.717) is 18.5 Å². The first kappa shape index (κ1) is 16.0. The van der Waals surface area contributed by atoms with E-state index in [-0.39, 0.29) is 11.9 Å². The zero-order chi connectivity index (χ0) is 15.2. The molecule has 116 valence electrons. The molecule has 1 amide bonds. The molecule has 0 aromatic heterocycles. The van der Waals surface area contributed by atoms with Crippen molar-refractivity contribution in [3.8, 4) is 0 Å². The van der Waals surface area contributed by atoms with Crippen LogP contribution in [0.5, 0.6) is 0 Å². The summed E-state index contributed by atoms with van der Waals surface area (Å²) in [7, 11) is 0. The van der Waals surface area contributed by atoms with E-state index < -0.39 is 0 Å². The van der Waals surface area contributed by atoms with E-state index in [1.54, 1.807) is 0 Å². The Morgan fingerprint density at radius 1 is 1.38 bits per heavy atom. The Morgan fingerprint density at radius 3 is 2.71 bits per heavy atom. The van der Waals surface area contributed by atoms with Crippen LogP contribution in [0.1, 0.15) is 32.4 Å². The van der Waals surface area contributed by atoms with E-state index in [2.05, 4.69) is 48.4 Å². The quantitative estimate of drug-likeness (QED) is 0.868. The van der Waals surface area contributed by atoms with Crippen LogP contribution in [-0.2, 0) is 4.79 Å². The summed E-state index contributed by atoms with van der Waals surface area (Å²) in [6, 6.07) is 10.7. The van der Waals surface area contributed by atoms with Gasteiger partial charge in [0.2, 0.25) is 5.91 Å². The molecule has 1 fully saturated rings. The molecule has 1 aliphatic heterocycles. The smallest absolute Gasteiger partial charge is 0.234 e. The Bertz CT molecular complexity index is 447. The lowest BCUT2D eigenvalue weighted by molar-refractivity contribution is -0.124. The maximum absolute atomic E-state index is 12.4. The minimum absolute atomic E-state index is 0.0805. The molecule has 1 unspecified atom stereocenters. The van der Waals surface area contributed by atoms with Crippen molar-refractivity contribution in [1.82, 2.24) is 15.5 Å². The number of carbonyl (C=O) groups excluding carboxylic acids is 1. The molecule has 1 aromatic carbocycles. The molecule has 2 rings (SSSR count). The Hall–Kier alpha value is -1.39. The summed E-state index contributed by atoms with van der Waals surface area (Å²) in [5, 5.41) is 6.55. The molecular weight excluding hydrogens is 262 g/mol. The number of nitrogens with one attached hydrogen (secondary N) is 2. The molecule has 4 heteroatoms. The van der Waals surface area contributed by atoms with Crippen LogP contribution in [-0.4, -0.2) is 43.0 Å². The summed E-state index contributed by atoms with van der Waals surface area (Å²) in [5.74, 6) is 0.489. The number of rotatable bonds is 5. The highest BCUT2D eigenvalue weighted by Crippen LogP contribution is 2.21. The number of benzene rings is 1. The molecule has 0 bridgehead atoms. The van der Waals surface area contributed by atoms with Crippen LogP contribution in [0, 0.1) is 5.92 Å². The van der Waals surface area contributed by atoms with Gasteiger partial charge in [-0.25, -0.2) is 0 Å². The molecule has 2 N–H and O–H groups in total. The minimum atomic E-state index is 0.0805. The fraction of sp³-hybridized carbons (Fsp3) is 0.588. The van der Waals surface area contributed by atoms with Crippen molar-refractivity contribution in [2.45, 2.75) is 32.9 Å². The fourth-order valence-corrected chi connectivity index (χ4v) is 2.82. The van der Waals surface area contributed by atoms with E-state index in [0.717, 1.165) is 19.6 Å². The first-order valence-electron chi connectivity index (χ1n) is 7.87. The van der Waals surface area contributed by atoms with E-state index in [9.17, 15) is 4.79 Å². The molecule has 2 atom stereocenters. The van der Waals surface area contributed by atoms with Gasteiger partial charge in [-0.2, -0.15) is 0 Å². The maximum Gasteiger partial charge on any atom is 0.234 e. The summed E-state index contributed by atoms with van der Waals surface area (Å²) in [4.78, 5) is 14.6. The molecule has 1 heterocycles. The second kappa shape index (κ2) is 7.57. The standard InChI is InChI=1S/C17H27N3O/c1-13(2)17(15-7-5-4-6-8-15)19-16(21)12-20-10-9-18-11-14(20)3/h4-8,13-14,17-18H,9-12H2,1-3H3,(H,19,21)/t14-,17?/m0/s1. The van der Waals surface area contributed by atoms with E-state index in [4.69, 9.17) is 0 Å². The number of hydrogen-bond acceptors (Lipinski definition) is 3. The van der Waals surface area contributed by atoms with Crippen molar-refractivity contribution in [2.75, 3.05) is 26.2 Å². The lowest BCUT2D eigenvalue weighted by Gasteiger charge is -2.34. The lowest BCUT2D eigenvalue weighted by Crippen LogP contribution is -2.53. The summed E-state index contributed by atoms with van der Waals surface area (Å²) >= 11 is 0. The van der Waals surface area contributed by atoms with Crippen LogP contribution in [0.25, 0.3) is 0 Å². The van der Waals surface area contributed by atoms with E-state index >= 15 is 0 Å². The van der Waals surface area contributed by atoms with Crippen molar-refractivity contribution in [2.24, 2.45) is 5.92 Å². The maximum atomic E-state index is 12.4. The van der Waals surface area contributed by atoms with Crippen LogP contribution in [0.4, 0.5) is 0 Å². The minimum Gasteiger partial charge on any atom is -0.348 e. The number of nitrogens with zero attached hydrogens (tertiary/aromatic N) is 1. The summed E-state index contributed by atoms with van der Waals surface area (Å²) in [6.45, 7) is 9.79. The van der Waals surface area contributed by atoms with Gasteiger partial charge in [0.25, 0.3) is 0 Å². The molecule has 1 saturated heterocycles. The number of carbonyl (C=O) groups is 1. The molecule has 0 aliphatic carbocycles. The van der Waals surface area contributed by atoms with Crippen LogP contribution in [0.3, 0.4) is 0 Å². The SMILES string of the molecule is CC(C)C(NC(=O)CN1CCNC[C@@H]1C)c1ccccc1. The van der Waals surface area contributed by atoms with Crippen LogP contribution >= 0.6 is 0 Å². The molecule has 0 spiro atoms. The van der Waals surface area contributed by atoms with Crippen LogP contribution < -0.4 is 10.6 Å². The molecule has 4 nitrogen and oxygen atoms in total. The number of piperazine rings is 1. The predicted octanol–water partition coefficient (Wildman–Crippen LogP) is 1.79. The van der Waals surface area contributed by atoms with Gasteiger partial charge in [-0.3, -0.25) is 9.69 Å². The van der Waals surface area contributed by atoms with Crippen molar-refractivity contribution in [1.29, 1.82) is 0 Å². The Morgan fingerprint density at radius 2 is 2.10 bits per heavy atom. The van der Waals surface area contributed by atoms with Crippen LogP contribution in [0.15, 0.2) is 30.3 Å². The highest BCUT2D eigenvalue weighted by Gasteiger charge is 2.23. The van der Waals surface area contributed by atoms with Gasteiger partial charge in [0.15, 0.2) is 0 Å². The summed E-state index contributed by atoms with van der Waals surface area (Å²) < 4.78 is 0. The van der Waals surface area contributed by atoms with Gasteiger partial charge in [0.05, 0.1) is 12.6 Å². The van der Waals surface area contributed by atoms with Gasteiger partial charge in [0.1, 0.15) is 0 Å². The Labute approximate surface area is 127 Å². The van der Waals surface area contributed by atoms with Crippen molar-refractivity contribution >= 4 is 5.91 Å². The van der Waals surface area contributed by atoms with Gasteiger partial charge in [-0.05, 0) is 18.4 Å². The van der Waals surface area contributed by atoms with Crippen molar-refractivity contribution < 1.29 is 4.79 Å². The Kier molecular flexibility index (Phi) is 5.76. The van der Waals surface area contributed by atoms with Crippen molar-refractivity contribution in [3.63, 3.8) is 0 Å². The first-order valence-corrected chi connectivity index (χ1v) is 7.87. The number of amides is 1. The average molecular weight is 289 g/mol. The third-order valence-corrected chi connectivity index (χ3v) is 4.13. The third kappa shape index (κ3) is 4.55. The molecule has 21 heavy (non-hydrogen) atoms. The summed E-state index contributed by atoms with van der Waals surface area (Å²) in [6.07, 6.45) is 0. The third-order valence-electron chi connectivity index (χ3n) is 4.13. The second-order valence-corrected chi connectivity index (χ2v) is 6.22. The first-order chi connectivity index (χ1) is 10.1. The highest BCUT2D eigenvalue weighted by atomic mass is 16.2. The van der Waals surface area contributed by atoms with Gasteiger partial charge in [-0.15, -0.1) is 0 Å². The molecule has 0 saturated carbocycles. The monoisotopic (exact) mass is 289 g/mol. The molecule has 0 radical (unpaired) electrons. The highest BCUT2D eigenvalue weighted by molar-refractivity contribution is 5.78. The van der Waals surface area contributed by atoms with Gasteiger partial charge in [0, 0.05) is 25.7 Å². The normalized spacial score (nSPS) is 21.2. The Balaban J connectivity index is 1.95. The molecule has 1 aromatic rings. The van der Waals surface area contributed by atoms with E-state index in [1.807, 2.05) is 18.2 Å². The van der Waals surface area contributed by atoms with Gasteiger partial charge < -0.3 is 10.6 Å². The average Bonchev–Trinajstić information content (AvgIpc) is 2.48. The van der Waals surface area contributed by atoms with E-state index in [1.165, 1.54) is 5.56 Å². The largest absolute Gasteiger partial charge is 0.348 e. The second-order valence-electron chi connectivity index (χ2n) is 6.22. The predicted molar refractivity (Wildman–Crippen MR) is 86.1 cm³/mol. The van der Waals surface area contributed by atoms with Crippen molar-refractivity contribution in [3.05, 3.63) is 35.9 Å². The van der Waals surface area contributed by atoms with Gasteiger partial charge in [-0.1, -0.05) is 44.2 Å².